The van der Waals surface area contributed by atoms with E-state index in [2.05, 4.69) is 15.0 Å². The lowest BCUT2D eigenvalue weighted by molar-refractivity contribution is -0.117. The van der Waals surface area contributed by atoms with Crippen LogP contribution in [0.3, 0.4) is 0 Å². The van der Waals surface area contributed by atoms with Crippen molar-refractivity contribution >= 4 is 21.6 Å². The van der Waals surface area contributed by atoms with E-state index in [-0.39, 0.29) is 17.1 Å². The number of nitrogens with one attached hydrogen (secondary N) is 2. The van der Waals surface area contributed by atoms with Crippen molar-refractivity contribution in [3.05, 3.63) is 60.4 Å². The zero-order valence-electron chi connectivity index (χ0n) is 15.9. The first-order valence-electron chi connectivity index (χ1n) is 9.75. The summed E-state index contributed by atoms with van der Waals surface area (Å²) in [6.45, 7) is 0.416. The number of aromatic nitrogens is 1. The Morgan fingerprint density at radius 3 is 2.46 bits per heavy atom. The monoisotopic (exact) mass is 401 g/mol. The van der Waals surface area contributed by atoms with Gasteiger partial charge in [0.2, 0.25) is 15.9 Å². The molecule has 1 aromatic heterocycles. The molecule has 0 aliphatic heterocycles. The van der Waals surface area contributed by atoms with Crippen molar-refractivity contribution in [2.24, 2.45) is 5.92 Å². The molecule has 7 heteroatoms. The largest absolute Gasteiger partial charge is 0.325 e. The molecule has 0 bridgehead atoms. The number of pyridine rings is 1. The van der Waals surface area contributed by atoms with Crippen molar-refractivity contribution in [3.8, 4) is 0 Å². The van der Waals surface area contributed by atoms with Gasteiger partial charge in [-0.1, -0.05) is 30.3 Å². The summed E-state index contributed by atoms with van der Waals surface area (Å²) in [5.74, 6) is 0.188. The number of rotatable bonds is 8. The number of amides is 1. The van der Waals surface area contributed by atoms with Crippen molar-refractivity contribution in [3.63, 3.8) is 0 Å². The van der Waals surface area contributed by atoms with Crippen molar-refractivity contribution in [2.45, 2.75) is 43.8 Å². The molecule has 1 heterocycles. The van der Waals surface area contributed by atoms with Crippen LogP contribution < -0.4 is 10.0 Å². The Bertz CT molecular complexity index is 849. The van der Waals surface area contributed by atoms with E-state index in [0.29, 0.717) is 37.9 Å². The van der Waals surface area contributed by atoms with Crippen LogP contribution in [-0.2, 0) is 21.2 Å². The lowest BCUT2D eigenvalue weighted by Gasteiger charge is -2.28. The first kappa shape index (κ1) is 20.5. The molecule has 1 aliphatic carbocycles. The van der Waals surface area contributed by atoms with Crippen LogP contribution in [0.5, 0.6) is 0 Å². The summed E-state index contributed by atoms with van der Waals surface area (Å²) in [5, 5.41) is 2.48. The van der Waals surface area contributed by atoms with Crippen LogP contribution >= 0.6 is 0 Å². The van der Waals surface area contributed by atoms with Gasteiger partial charge in [0.25, 0.3) is 0 Å². The summed E-state index contributed by atoms with van der Waals surface area (Å²) in [4.78, 5) is 16.1. The molecule has 0 spiro atoms. The van der Waals surface area contributed by atoms with Gasteiger partial charge in [-0.05, 0) is 55.7 Å². The number of nitrogens with zero attached hydrogens (tertiary/aromatic N) is 1. The molecule has 28 heavy (non-hydrogen) atoms. The summed E-state index contributed by atoms with van der Waals surface area (Å²) in [7, 11) is -3.31. The predicted octanol–water partition coefficient (Wildman–Crippen LogP) is 3.13. The fourth-order valence-corrected chi connectivity index (χ4v) is 5.17. The summed E-state index contributed by atoms with van der Waals surface area (Å²) in [6.07, 6.45) is 7.09. The smallest absolute Gasteiger partial charge is 0.224 e. The molecule has 150 valence electrons. The second-order valence-corrected chi connectivity index (χ2v) is 9.36. The van der Waals surface area contributed by atoms with E-state index < -0.39 is 10.0 Å². The third-order valence-electron chi connectivity index (χ3n) is 5.21. The Morgan fingerprint density at radius 2 is 1.79 bits per heavy atom. The molecular weight excluding hydrogens is 374 g/mol. The van der Waals surface area contributed by atoms with Gasteiger partial charge in [0, 0.05) is 19.2 Å². The Labute approximate surface area is 166 Å². The van der Waals surface area contributed by atoms with Crippen LogP contribution in [0, 0.1) is 5.92 Å². The van der Waals surface area contributed by atoms with E-state index in [0.717, 1.165) is 18.4 Å². The van der Waals surface area contributed by atoms with E-state index in [1.807, 2.05) is 30.3 Å². The maximum absolute atomic E-state index is 12.5. The summed E-state index contributed by atoms with van der Waals surface area (Å²) in [5.41, 5.74) is 1.81. The summed E-state index contributed by atoms with van der Waals surface area (Å²) < 4.78 is 27.8. The second-order valence-electron chi connectivity index (χ2n) is 7.31. The number of hydrogen-bond acceptors (Lipinski definition) is 4. The first-order chi connectivity index (χ1) is 13.5. The normalized spacial score (nSPS) is 19.9. The van der Waals surface area contributed by atoms with Crippen molar-refractivity contribution in [1.82, 2.24) is 9.71 Å². The van der Waals surface area contributed by atoms with E-state index in [1.165, 1.54) is 0 Å². The van der Waals surface area contributed by atoms with Crippen LogP contribution in [0.2, 0.25) is 0 Å². The van der Waals surface area contributed by atoms with Crippen molar-refractivity contribution < 1.29 is 13.2 Å². The third kappa shape index (κ3) is 6.14. The van der Waals surface area contributed by atoms with Gasteiger partial charge in [-0.2, -0.15) is 0 Å². The molecule has 1 aliphatic rings. The quantitative estimate of drug-likeness (QED) is 0.711. The topological polar surface area (TPSA) is 88.2 Å². The number of carbonyl (C=O) groups excluding carboxylic acids is 1. The van der Waals surface area contributed by atoms with Crippen LogP contribution in [0.1, 0.15) is 37.7 Å². The van der Waals surface area contributed by atoms with Crippen molar-refractivity contribution in [1.29, 1.82) is 0 Å². The molecule has 0 unspecified atom stereocenters. The lowest BCUT2D eigenvalue weighted by atomic mass is 9.86. The predicted molar refractivity (Wildman–Crippen MR) is 110 cm³/mol. The van der Waals surface area contributed by atoms with E-state index in [4.69, 9.17) is 0 Å². The van der Waals surface area contributed by atoms with Gasteiger partial charge in [0.1, 0.15) is 0 Å². The van der Waals surface area contributed by atoms with Crippen LogP contribution in [-0.4, -0.2) is 31.1 Å². The SMILES string of the molecule is O=C(CC1CCC(S(=O)(=O)NCCc2ccccc2)CC1)Nc1cccnc1. The van der Waals surface area contributed by atoms with Crippen molar-refractivity contribution in [2.75, 3.05) is 11.9 Å². The molecule has 0 saturated heterocycles. The molecule has 0 radical (unpaired) electrons. The van der Waals surface area contributed by atoms with Gasteiger partial charge < -0.3 is 5.32 Å². The number of benzene rings is 1. The van der Waals surface area contributed by atoms with Crippen LogP contribution in [0.4, 0.5) is 5.69 Å². The Balaban J connectivity index is 1.40. The Morgan fingerprint density at radius 1 is 1.04 bits per heavy atom. The molecule has 2 aromatic rings. The van der Waals surface area contributed by atoms with E-state index >= 15 is 0 Å². The summed E-state index contributed by atoms with van der Waals surface area (Å²) >= 11 is 0. The maximum Gasteiger partial charge on any atom is 0.224 e. The molecule has 1 aromatic carbocycles. The fourth-order valence-electron chi connectivity index (χ4n) is 3.66. The molecule has 2 N–H and O–H groups in total. The number of sulfonamides is 1. The average Bonchev–Trinajstić information content (AvgIpc) is 2.70. The molecule has 3 rings (SSSR count). The minimum atomic E-state index is -3.31. The number of anilines is 1. The maximum atomic E-state index is 12.5. The van der Waals surface area contributed by atoms with Gasteiger partial charge in [0.05, 0.1) is 17.1 Å². The second kappa shape index (κ2) is 9.80. The zero-order valence-corrected chi connectivity index (χ0v) is 16.7. The zero-order chi connectivity index (χ0) is 19.8. The van der Waals surface area contributed by atoms with Gasteiger partial charge in [-0.15, -0.1) is 0 Å². The fraction of sp³-hybridized carbons (Fsp3) is 0.429. The van der Waals surface area contributed by atoms with Gasteiger partial charge in [-0.3, -0.25) is 9.78 Å². The molecule has 0 atom stereocenters. The van der Waals surface area contributed by atoms with E-state index in [9.17, 15) is 13.2 Å². The molecular formula is C21H27N3O3S. The third-order valence-corrected chi connectivity index (χ3v) is 7.17. The van der Waals surface area contributed by atoms with Gasteiger partial charge in [-0.25, -0.2) is 13.1 Å². The molecule has 1 saturated carbocycles. The average molecular weight is 402 g/mol. The van der Waals surface area contributed by atoms with Crippen LogP contribution in [0.25, 0.3) is 0 Å². The first-order valence-corrected chi connectivity index (χ1v) is 11.3. The highest BCUT2D eigenvalue weighted by Gasteiger charge is 2.31. The van der Waals surface area contributed by atoms with Gasteiger partial charge >= 0.3 is 0 Å². The lowest BCUT2D eigenvalue weighted by Crippen LogP contribution is -2.38. The highest BCUT2D eigenvalue weighted by molar-refractivity contribution is 7.90. The Kier molecular flexibility index (Phi) is 7.17. The van der Waals surface area contributed by atoms with E-state index in [1.54, 1.807) is 24.5 Å². The molecule has 1 amide bonds. The van der Waals surface area contributed by atoms with Crippen LogP contribution in [0.15, 0.2) is 54.9 Å². The summed E-state index contributed by atoms with van der Waals surface area (Å²) in [6, 6.07) is 13.4. The van der Waals surface area contributed by atoms with Gasteiger partial charge in [0.15, 0.2) is 0 Å². The highest BCUT2D eigenvalue weighted by Crippen LogP contribution is 2.30. The molecule has 1 fully saturated rings. The minimum Gasteiger partial charge on any atom is -0.325 e. The highest BCUT2D eigenvalue weighted by atomic mass is 32.2. The minimum absolute atomic E-state index is 0.0414. The molecule has 6 nitrogen and oxygen atoms in total. The standard InChI is InChI=1S/C21H27N3O3S/c25-21(24-19-7-4-13-22-16-19)15-18-8-10-20(11-9-18)28(26,27)23-14-12-17-5-2-1-3-6-17/h1-7,13,16,18,20,23H,8-12,14-15H2,(H,24,25). The number of carbonyl (C=O) groups is 1. The Hall–Kier alpha value is -2.25. The number of hydrogen-bond donors (Lipinski definition) is 2.